The van der Waals surface area contributed by atoms with Crippen molar-refractivity contribution in [1.29, 1.82) is 0 Å². The van der Waals surface area contributed by atoms with Crippen molar-refractivity contribution in [3.8, 4) is 0 Å². The summed E-state index contributed by atoms with van der Waals surface area (Å²) in [4.78, 5) is 9.76. The molecule has 0 atom stereocenters. The summed E-state index contributed by atoms with van der Waals surface area (Å²) in [5.41, 5.74) is -0.961. The Bertz CT molecular complexity index is 461. The van der Waals surface area contributed by atoms with Crippen LogP contribution in [0.25, 0.3) is 0 Å². The molecule has 0 radical (unpaired) electrons. The molecule has 0 unspecified atom stereocenters. The lowest BCUT2D eigenvalue weighted by Crippen LogP contribution is -2.39. The fourth-order valence-corrected chi connectivity index (χ4v) is 1.79. The highest BCUT2D eigenvalue weighted by Gasteiger charge is 2.30. The van der Waals surface area contributed by atoms with Gasteiger partial charge in [-0.15, -0.1) is 0 Å². The topological polar surface area (TPSA) is 75.4 Å². The maximum atomic E-state index is 13.2. The lowest BCUT2D eigenvalue weighted by atomic mass is 9.89. The third kappa shape index (κ3) is 2.33. The number of halogens is 2. The molecule has 7 heteroatoms. The van der Waals surface area contributed by atoms with Gasteiger partial charge in [-0.3, -0.25) is 10.1 Å². The second-order valence-corrected chi connectivity index (χ2v) is 4.01. The Balaban J connectivity index is 2.27. The van der Waals surface area contributed by atoms with E-state index >= 15 is 0 Å². The van der Waals surface area contributed by atoms with Gasteiger partial charge >= 0.3 is 5.69 Å². The molecular formula is C10H10F2N2O3. The highest BCUT2D eigenvalue weighted by molar-refractivity contribution is 5.63. The van der Waals surface area contributed by atoms with Crippen LogP contribution in [0.3, 0.4) is 0 Å². The Kier molecular flexibility index (Phi) is 2.93. The largest absolute Gasteiger partial charge is 0.393 e. The van der Waals surface area contributed by atoms with Gasteiger partial charge in [-0.05, 0) is 12.8 Å². The van der Waals surface area contributed by atoms with Gasteiger partial charge in [0.05, 0.1) is 11.0 Å². The molecule has 5 nitrogen and oxygen atoms in total. The molecule has 0 bridgehead atoms. The Morgan fingerprint density at radius 1 is 1.41 bits per heavy atom. The molecule has 92 valence electrons. The van der Waals surface area contributed by atoms with Gasteiger partial charge < -0.3 is 10.4 Å². The summed E-state index contributed by atoms with van der Waals surface area (Å²) in [6.45, 7) is 0. The Morgan fingerprint density at radius 2 is 2.06 bits per heavy atom. The van der Waals surface area contributed by atoms with E-state index in [0.717, 1.165) is 6.07 Å². The number of hydrogen-bond acceptors (Lipinski definition) is 4. The van der Waals surface area contributed by atoms with Crippen molar-refractivity contribution in [2.45, 2.75) is 25.0 Å². The lowest BCUT2D eigenvalue weighted by Gasteiger charge is -2.32. The van der Waals surface area contributed by atoms with Crippen molar-refractivity contribution in [3.63, 3.8) is 0 Å². The van der Waals surface area contributed by atoms with Crippen LogP contribution in [0.15, 0.2) is 12.1 Å². The van der Waals surface area contributed by atoms with Crippen molar-refractivity contribution in [2.24, 2.45) is 0 Å². The van der Waals surface area contributed by atoms with E-state index in [-0.39, 0.29) is 11.7 Å². The molecule has 0 saturated heterocycles. The number of rotatable bonds is 3. The summed E-state index contributed by atoms with van der Waals surface area (Å²) in [6, 6.07) is 1.16. The zero-order valence-electron chi connectivity index (χ0n) is 8.69. The number of hydrogen-bond donors (Lipinski definition) is 2. The van der Waals surface area contributed by atoms with Gasteiger partial charge in [0.1, 0.15) is 11.5 Å². The van der Waals surface area contributed by atoms with Crippen molar-refractivity contribution < 1.29 is 18.8 Å². The van der Waals surface area contributed by atoms with E-state index in [1.807, 2.05) is 0 Å². The van der Waals surface area contributed by atoms with E-state index in [2.05, 4.69) is 5.32 Å². The number of aliphatic hydroxyl groups excluding tert-OH is 1. The van der Waals surface area contributed by atoms with E-state index in [4.69, 9.17) is 5.11 Å². The average Bonchev–Trinajstić information content (AvgIpc) is 2.13. The van der Waals surface area contributed by atoms with Crippen molar-refractivity contribution >= 4 is 11.4 Å². The first-order valence-electron chi connectivity index (χ1n) is 5.05. The molecule has 17 heavy (non-hydrogen) atoms. The molecule has 0 heterocycles. The highest BCUT2D eigenvalue weighted by atomic mass is 19.1. The normalized spacial score (nSPS) is 23.0. The van der Waals surface area contributed by atoms with Crippen LogP contribution in [0.5, 0.6) is 0 Å². The summed E-state index contributed by atoms with van der Waals surface area (Å²) in [7, 11) is 0. The molecule has 2 rings (SSSR count). The zero-order valence-corrected chi connectivity index (χ0v) is 8.69. The molecule has 0 amide bonds. The van der Waals surface area contributed by atoms with Crippen molar-refractivity contribution in [2.75, 3.05) is 5.32 Å². The van der Waals surface area contributed by atoms with E-state index < -0.39 is 28.3 Å². The maximum Gasteiger partial charge on any atom is 0.327 e. The molecular weight excluding hydrogens is 234 g/mol. The van der Waals surface area contributed by atoms with E-state index in [1.165, 1.54) is 0 Å². The number of anilines is 1. The van der Waals surface area contributed by atoms with Crippen LogP contribution in [0.4, 0.5) is 20.2 Å². The predicted molar refractivity (Wildman–Crippen MR) is 55.7 cm³/mol. The number of nitrogens with one attached hydrogen (secondary N) is 1. The number of nitrogens with zero attached hydrogens (tertiary/aromatic N) is 1. The number of nitro benzene ring substituents is 1. The van der Waals surface area contributed by atoms with Crippen LogP contribution < -0.4 is 5.32 Å². The third-order valence-corrected chi connectivity index (χ3v) is 2.68. The smallest absolute Gasteiger partial charge is 0.327 e. The summed E-state index contributed by atoms with van der Waals surface area (Å²) >= 11 is 0. The summed E-state index contributed by atoms with van der Waals surface area (Å²) < 4.78 is 26.2. The van der Waals surface area contributed by atoms with E-state index in [9.17, 15) is 18.9 Å². The van der Waals surface area contributed by atoms with Gasteiger partial charge in [0.2, 0.25) is 5.82 Å². The van der Waals surface area contributed by atoms with Crippen LogP contribution in [0.1, 0.15) is 12.8 Å². The molecule has 1 aliphatic carbocycles. The molecule has 0 aliphatic heterocycles. The summed E-state index contributed by atoms with van der Waals surface area (Å²) in [5, 5.41) is 22.4. The molecule has 1 aromatic rings. The second kappa shape index (κ2) is 4.25. The monoisotopic (exact) mass is 244 g/mol. The molecule has 1 saturated carbocycles. The van der Waals surface area contributed by atoms with Gasteiger partial charge in [-0.1, -0.05) is 0 Å². The number of benzene rings is 1. The molecule has 1 aromatic carbocycles. The maximum absolute atomic E-state index is 13.2. The van der Waals surface area contributed by atoms with Gasteiger partial charge in [-0.2, -0.15) is 4.39 Å². The SMILES string of the molecule is O=[N+]([O-])c1c(F)cc(F)cc1NC1CC(O)C1. The Labute approximate surface area is 95.2 Å². The average molecular weight is 244 g/mol. The lowest BCUT2D eigenvalue weighted by molar-refractivity contribution is -0.386. The predicted octanol–water partition coefficient (Wildman–Crippen LogP) is 1.81. The standard InChI is InChI=1S/C10H10F2N2O3/c11-5-1-8(12)10(14(16)17)9(2-5)13-6-3-7(15)4-6/h1-2,6-7,13,15H,3-4H2. The number of nitro groups is 1. The van der Waals surface area contributed by atoms with E-state index in [0.29, 0.717) is 18.9 Å². The van der Waals surface area contributed by atoms with Crippen LogP contribution >= 0.6 is 0 Å². The fourth-order valence-electron chi connectivity index (χ4n) is 1.79. The first-order chi connectivity index (χ1) is 7.97. The molecule has 2 N–H and O–H groups in total. The minimum Gasteiger partial charge on any atom is -0.393 e. The van der Waals surface area contributed by atoms with Crippen LogP contribution in [-0.2, 0) is 0 Å². The van der Waals surface area contributed by atoms with Gasteiger partial charge in [0.15, 0.2) is 0 Å². The molecule has 1 aliphatic rings. The minimum absolute atomic E-state index is 0.190. The van der Waals surface area contributed by atoms with Gasteiger partial charge in [0.25, 0.3) is 0 Å². The molecule has 1 fully saturated rings. The van der Waals surface area contributed by atoms with Crippen LogP contribution in [-0.4, -0.2) is 22.2 Å². The summed E-state index contributed by atoms with van der Waals surface area (Å²) in [5.74, 6) is -2.09. The zero-order chi connectivity index (χ0) is 12.6. The molecule has 0 aromatic heterocycles. The quantitative estimate of drug-likeness (QED) is 0.628. The highest BCUT2D eigenvalue weighted by Crippen LogP contribution is 2.32. The van der Waals surface area contributed by atoms with Crippen molar-refractivity contribution in [3.05, 3.63) is 33.9 Å². The summed E-state index contributed by atoms with van der Waals surface area (Å²) in [6.07, 6.45) is 0.370. The first kappa shape index (κ1) is 11.7. The Hall–Kier alpha value is -1.76. The Morgan fingerprint density at radius 3 is 2.59 bits per heavy atom. The minimum atomic E-state index is -1.21. The van der Waals surface area contributed by atoms with E-state index in [1.54, 1.807) is 0 Å². The molecule has 0 spiro atoms. The fraction of sp³-hybridized carbons (Fsp3) is 0.400. The first-order valence-corrected chi connectivity index (χ1v) is 5.05. The van der Waals surface area contributed by atoms with Crippen LogP contribution in [0.2, 0.25) is 0 Å². The van der Waals surface area contributed by atoms with Crippen molar-refractivity contribution in [1.82, 2.24) is 0 Å². The van der Waals surface area contributed by atoms with Gasteiger partial charge in [-0.25, -0.2) is 4.39 Å². The number of aliphatic hydroxyl groups is 1. The van der Waals surface area contributed by atoms with Gasteiger partial charge in [0, 0.05) is 18.2 Å². The van der Waals surface area contributed by atoms with Crippen LogP contribution in [0, 0.1) is 21.7 Å². The second-order valence-electron chi connectivity index (χ2n) is 4.01. The third-order valence-electron chi connectivity index (χ3n) is 2.68.